The molecule has 10 heavy (non-hydrogen) atoms. The number of ether oxygens (including phenoxy) is 1. The van der Waals surface area contributed by atoms with Crippen LogP contribution in [-0.4, -0.2) is 7.11 Å². The smallest absolute Gasteiger partial charge is 0.554 e. The van der Waals surface area contributed by atoms with E-state index in [2.05, 4.69) is 6.92 Å². The summed E-state index contributed by atoms with van der Waals surface area (Å²) in [4.78, 5) is 0. The number of benzene rings is 1. The van der Waals surface area contributed by atoms with Gasteiger partial charge in [0.1, 0.15) is 0 Å². The first-order valence-electron chi connectivity index (χ1n) is 2.79. The summed E-state index contributed by atoms with van der Waals surface area (Å²) in [7, 11) is 1.64. The molecule has 1 aromatic rings. The molecule has 58 valence electrons. The molecule has 0 aliphatic heterocycles. The molecule has 0 bridgehead atoms. The first-order chi connectivity index (χ1) is 4.34. The molecule has 0 saturated carbocycles. The van der Waals surface area contributed by atoms with E-state index in [0.29, 0.717) is 0 Å². The van der Waals surface area contributed by atoms with Crippen molar-refractivity contribution >= 4 is 0 Å². The van der Waals surface area contributed by atoms with E-state index in [-0.39, 0.29) is 17.1 Å². The summed E-state index contributed by atoms with van der Waals surface area (Å²) in [6.45, 7) is 3.77. The van der Waals surface area contributed by atoms with Crippen LogP contribution in [-0.2, 0) is 17.1 Å². The molecule has 0 radical (unpaired) electrons. The Balaban J connectivity index is 0.000000810. The molecule has 1 aromatic carbocycles. The molecule has 1 nitrogen and oxygen atoms in total. The molecule has 0 heterocycles. The van der Waals surface area contributed by atoms with Gasteiger partial charge in [0.15, 0.2) is 0 Å². The molecule has 0 fully saturated rings. The fraction of sp³-hybridized carbons (Fsp3) is 0.125. The van der Waals surface area contributed by atoms with Gasteiger partial charge in [0.05, 0.1) is 7.11 Å². The number of hydrogen-bond acceptors (Lipinski definition) is 1. The normalized spacial score (nSPS) is 8.10. The summed E-state index contributed by atoms with van der Waals surface area (Å²) in [6.07, 6.45) is 0. The van der Waals surface area contributed by atoms with Gasteiger partial charge in [-0.05, 0) is 0 Å². The van der Waals surface area contributed by atoms with Crippen LogP contribution in [0, 0.1) is 6.92 Å². The van der Waals surface area contributed by atoms with Crippen molar-refractivity contribution in [1.29, 1.82) is 0 Å². The van der Waals surface area contributed by atoms with Crippen LogP contribution in [0.15, 0.2) is 24.3 Å². The second-order valence-corrected chi connectivity index (χ2v) is 1.81. The Morgan fingerprint density at radius 1 is 1.30 bits per heavy atom. The predicted octanol–water partition coefficient (Wildman–Crippen LogP) is 1.87. The Kier molecular flexibility index (Phi) is 4.01. The predicted molar refractivity (Wildman–Crippen MR) is 37.5 cm³/mol. The van der Waals surface area contributed by atoms with Crippen LogP contribution >= 0.6 is 0 Å². The molecule has 0 aliphatic carbocycles. The summed E-state index contributed by atoms with van der Waals surface area (Å²) >= 11 is 0. The molecule has 1 rings (SSSR count). The minimum Gasteiger partial charge on any atom is -0.554 e. The van der Waals surface area contributed by atoms with Gasteiger partial charge < -0.3 is 4.74 Å². The van der Waals surface area contributed by atoms with E-state index in [1.54, 1.807) is 7.11 Å². The van der Waals surface area contributed by atoms with E-state index in [0.717, 1.165) is 11.3 Å². The average molecular weight is 185 g/mol. The number of hydrogen-bond donors (Lipinski definition) is 0. The molecule has 0 saturated heterocycles. The quantitative estimate of drug-likeness (QED) is 0.479. The summed E-state index contributed by atoms with van der Waals surface area (Å²) in [5.74, 6) is 0.845. The van der Waals surface area contributed by atoms with Gasteiger partial charge in [-0.2, -0.15) is 18.6 Å². The fourth-order valence-electron chi connectivity index (χ4n) is 0.703. The minimum atomic E-state index is 0. The summed E-state index contributed by atoms with van der Waals surface area (Å²) in [6, 6.07) is 7.67. The molecule has 0 spiro atoms. The number of methoxy groups -OCH3 is 1. The van der Waals surface area contributed by atoms with E-state index in [4.69, 9.17) is 4.74 Å². The first-order valence-corrected chi connectivity index (χ1v) is 2.79. The molecular formula is C8H9CuO. The zero-order chi connectivity index (χ0) is 6.69. The topological polar surface area (TPSA) is 9.23 Å². The summed E-state index contributed by atoms with van der Waals surface area (Å²) < 4.78 is 4.98. The number of rotatable bonds is 1. The molecule has 0 N–H and O–H groups in total. The molecule has 0 amide bonds. The number of para-hydroxylation sites is 1. The van der Waals surface area contributed by atoms with Crippen LogP contribution in [0.25, 0.3) is 0 Å². The van der Waals surface area contributed by atoms with E-state index >= 15 is 0 Å². The second kappa shape index (κ2) is 4.26. The minimum absolute atomic E-state index is 0. The van der Waals surface area contributed by atoms with Crippen molar-refractivity contribution < 1.29 is 21.8 Å². The molecule has 0 unspecified atom stereocenters. The Bertz CT molecular complexity index is 198. The van der Waals surface area contributed by atoms with E-state index in [1.165, 1.54) is 0 Å². The molecule has 2 heteroatoms. The molecule has 0 atom stereocenters. The van der Waals surface area contributed by atoms with Crippen LogP contribution in [0.4, 0.5) is 0 Å². The summed E-state index contributed by atoms with van der Waals surface area (Å²) in [5, 5.41) is 0. The van der Waals surface area contributed by atoms with Crippen LogP contribution in [0.3, 0.4) is 0 Å². The maximum atomic E-state index is 4.98. The van der Waals surface area contributed by atoms with Crippen molar-refractivity contribution in [3.05, 3.63) is 36.8 Å². The van der Waals surface area contributed by atoms with Gasteiger partial charge in [-0.1, -0.05) is 12.1 Å². The van der Waals surface area contributed by atoms with Crippen LogP contribution in [0.2, 0.25) is 0 Å². The van der Waals surface area contributed by atoms with Gasteiger partial charge in [-0.3, -0.25) is 0 Å². The zero-order valence-electron chi connectivity index (χ0n) is 5.73. The van der Waals surface area contributed by atoms with Crippen molar-refractivity contribution in [3.8, 4) is 5.75 Å². The van der Waals surface area contributed by atoms with Gasteiger partial charge in [-0.15, -0.1) is 6.07 Å². The Hall–Kier alpha value is -0.591. The van der Waals surface area contributed by atoms with Crippen molar-refractivity contribution in [2.45, 2.75) is 0 Å². The van der Waals surface area contributed by atoms with E-state index in [1.807, 2.05) is 24.3 Å². The summed E-state index contributed by atoms with van der Waals surface area (Å²) in [5.41, 5.74) is 0.931. The second-order valence-electron chi connectivity index (χ2n) is 1.81. The van der Waals surface area contributed by atoms with E-state index < -0.39 is 0 Å². The maximum Gasteiger partial charge on any atom is 1.00 e. The van der Waals surface area contributed by atoms with Crippen molar-refractivity contribution in [2.24, 2.45) is 0 Å². The van der Waals surface area contributed by atoms with E-state index in [9.17, 15) is 0 Å². The Morgan fingerprint density at radius 2 is 1.90 bits per heavy atom. The average Bonchev–Trinajstić information content (AvgIpc) is 1.89. The monoisotopic (exact) mass is 184 g/mol. The van der Waals surface area contributed by atoms with Crippen LogP contribution in [0.5, 0.6) is 5.75 Å². The molecular weight excluding hydrogens is 176 g/mol. The fourth-order valence-corrected chi connectivity index (χ4v) is 0.703. The van der Waals surface area contributed by atoms with Gasteiger partial charge in [0.2, 0.25) is 0 Å². The first kappa shape index (κ1) is 9.41. The van der Waals surface area contributed by atoms with Crippen LogP contribution in [0.1, 0.15) is 5.56 Å². The van der Waals surface area contributed by atoms with Gasteiger partial charge >= 0.3 is 17.1 Å². The molecule has 0 aromatic heterocycles. The van der Waals surface area contributed by atoms with Crippen molar-refractivity contribution in [2.75, 3.05) is 7.11 Å². The SMILES string of the molecule is [CH2-]c1ccccc1OC.[Cu+]. The third-order valence-electron chi connectivity index (χ3n) is 1.19. The Morgan fingerprint density at radius 3 is 2.30 bits per heavy atom. The van der Waals surface area contributed by atoms with Crippen molar-refractivity contribution in [3.63, 3.8) is 0 Å². The largest absolute Gasteiger partial charge is 1.00 e. The standard InChI is InChI=1S/C8H9O.Cu/c1-7-5-3-4-6-8(7)9-2;/h3-6H,1H2,2H3;/q-1;+1. The van der Waals surface area contributed by atoms with Crippen LogP contribution < -0.4 is 4.74 Å². The third-order valence-corrected chi connectivity index (χ3v) is 1.19. The zero-order valence-corrected chi connectivity index (χ0v) is 6.67. The van der Waals surface area contributed by atoms with Gasteiger partial charge in [0.25, 0.3) is 0 Å². The van der Waals surface area contributed by atoms with Crippen molar-refractivity contribution in [1.82, 2.24) is 0 Å². The van der Waals surface area contributed by atoms with Gasteiger partial charge in [-0.25, -0.2) is 0 Å². The molecule has 0 aliphatic rings. The van der Waals surface area contributed by atoms with Gasteiger partial charge in [0, 0.05) is 5.75 Å². The Labute approximate surface area is 71.9 Å². The maximum absolute atomic E-state index is 4.98. The third kappa shape index (κ3) is 1.98.